The Morgan fingerprint density at radius 1 is 1.50 bits per heavy atom. The molecule has 0 aromatic rings. The molecule has 0 aliphatic carbocycles. The molecular formula is C10H17N3O. The van der Waals surface area contributed by atoms with Crippen LogP contribution in [0, 0.1) is 12.3 Å². The minimum Gasteiger partial charge on any atom is -0.354 e. The van der Waals surface area contributed by atoms with Crippen LogP contribution in [0.3, 0.4) is 0 Å². The Morgan fingerprint density at radius 2 is 2.21 bits per heavy atom. The summed E-state index contributed by atoms with van der Waals surface area (Å²) in [6.45, 7) is 5.81. The summed E-state index contributed by atoms with van der Waals surface area (Å²) < 4.78 is 0. The number of rotatable bonds is 4. The topological polar surface area (TPSA) is 44.4 Å². The van der Waals surface area contributed by atoms with Crippen molar-refractivity contribution in [3.8, 4) is 12.3 Å². The summed E-state index contributed by atoms with van der Waals surface area (Å²) in [6, 6.07) is 0. The first-order chi connectivity index (χ1) is 6.83. The number of terminal acetylenes is 1. The maximum absolute atomic E-state index is 11.0. The molecule has 14 heavy (non-hydrogen) atoms. The SMILES string of the molecule is C#CCC(=O)NCCN1CCNCC1. The summed E-state index contributed by atoms with van der Waals surface area (Å²) >= 11 is 0. The number of hydrogen-bond acceptors (Lipinski definition) is 3. The van der Waals surface area contributed by atoms with Crippen LogP contribution >= 0.6 is 0 Å². The monoisotopic (exact) mass is 195 g/mol. The Balaban J connectivity index is 2.03. The van der Waals surface area contributed by atoms with Crippen molar-refractivity contribution in [2.45, 2.75) is 6.42 Å². The van der Waals surface area contributed by atoms with Crippen LogP contribution in [0.5, 0.6) is 0 Å². The molecule has 1 saturated heterocycles. The van der Waals surface area contributed by atoms with Gasteiger partial charge >= 0.3 is 0 Å². The standard InChI is InChI=1S/C10H17N3O/c1-2-3-10(14)12-6-9-13-7-4-11-5-8-13/h1,11H,3-9H2,(H,12,14). The third kappa shape index (κ3) is 4.26. The molecule has 0 saturated carbocycles. The summed E-state index contributed by atoms with van der Waals surface area (Å²) in [4.78, 5) is 13.3. The second-order valence-corrected chi connectivity index (χ2v) is 3.32. The molecule has 0 atom stereocenters. The van der Waals surface area contributed by atoms with Crippen LogP contribution in [0.2, 0.25) is 0 Å². The van der Waals surface area contributed by atoms with E-state index in [9.17, 15) is 4.79 Å². The smallest absolute Gasteiger partial charge is 0.232 e. The van der Waals surface area contributed by atoms with Crippen LogP contribution in [0.15, 0.2) is 0 Å². The number of nitrogens with zero attached hydrogens (tertiary/aromatic N) is 1. The highest BCUT2D eigenvalue weighted by Gasteiger charge is 2.08. The van der Waals surface area contributed by atoms with Crippen molar-refractivity contribution in [1.82, 2.24) is 15.5 Å². The van der Waals surface area contributed by atoms with Crippen molar-refractivity contribution in [2.24, 2.45) is 0 Å². The highest BCUT2D eigenvalue weighted by molar-refractivity contribution is 5.78. The Labute approximate surface area is 85.0 Å². The van der Waals surface area contributed by atoms with Gasteiger partial charge in [-0.25, -0.2) is 0 Å². The largest absolute Gasteiger partial charge is 0.354 e. The lowest BCUT2D eigenvalue weighted by molar-refractivity contribution is -0.120. The second kappa shape index (κ2) is 6.41. The van der Waals surface area contributed by atoms with Crippen molar-refractivity contribution in [3.63, 3.8) is 0 Å². The van der Waals surface area contributed by atoms with Gasteiger partial charge in [-0.1, -0.05) is 5.92 Å². The average molecular weight is 195 g/mol. The fraction of sp³-hybridized carbons (Fsp3) is 0.700. The Kier molecular flexibility index (Phi) is 5.05. The van der Waals surface area contributed by atoms with Gasteiger partial charge in [0.25, 0.3) is 0 Å². The Hall–Kier alpha value is -1.05. The van der Waals surface area contributed by atoms with Crippen LogP contribution in [0.25, 0.3) is 0 Å². The van der Waals surface area contributed by atoms with Crippen LogP contribution in [-0.4, -0.2) is 50.1 Å². The minimum atomic E-state index is -0.0531. The van der Waals surface area contributed by atoms with Gasteiger partial charge in [-0.3, -0.25) is 9.69 Å². The third-order valence-electron chi connectivity index (χ3n) is 2.22. The molecule has 1 amide bonds. The van der Waals surface area contributed by atoms with Crippen molar-refractivity contribution in [1.29, 1.82) is 0 Å². The van der Waals surface area contributed by atoms with Gasteiger partial charge in [0.1, 0.15) is 0 Å². The Morgan fingerprint density at radius 3 is 2.86 bits per heavy atom. The molecule has 4 nitrogen and oxygen atoms in total. The molecule has 1 aliphatic heterocycles. The van der Waals surface area contributed by atoms with E-state index in [0.29, 0.717) is 6.54 Å². The summed E-state index contributed by atoms with van der Waals surface area (Å²) in [6.07, 6.45) is 5.20. The van der Waals surface area contributed by atoms with Gasteiger partial charge in [-0.2, -0.15) is 0 Å². The molecular weight excluding hydrogens is 178 g/mol. The molecule has 0 aromatic heterocycles. The minimum absolute atomic E-state index is 0.0531. The second-order valence-electron chi connectivity index (χ2n) is 3.32. The van der Waals surface area contributed by atoms with E-state index < -0.39 is 0 Å². The maximum atomic E-state index is 11.0. The molecule has 0 aromatic carbocycles. The highest BCUT2D eigenvalue weighted by Crippen LogP contribution is 1.89. The number of piperazine rings is 1. The van der Waals surface area contributed by atoms with Gasteiger partial charge in [-0.15, -0.1) is 6.42 Å². The maximum Gasteiger partial charge on any atom is 0.232 e. The summed E-state index contributed by atoms with van der Waals surface area (Å²) in [5.41, 5.74) is 0. The van der Waals surface area contributed by atoms with Gasteiger partial charge < -0.3 is 10.6 Å². The van der Waals surface area contributed by atoms with Crippen LogP contribution in [-0.2, 0) is 4.79 Å². The van der Waals surface area contributed by atoms with E-state index in [1.165, 1.54) is 0 Å². The molecule has 0 bridgehead atoms. The van der Waals surface area contributed by atoms with Crippen LogP contribution < -0.4 is 10.6 Å². The predicted octanol–water partition coefficient (Wildman–Crippen LogP) is -0.969. The zero-order valence-corrected chi connectivity index (χ0v) is 8.38. The zero-order valence-electron chi connectivity index (χ0n) is 8.38. The first-order valence-electron chi connectivity index (χ1n) is 4.96. The molecule has 0 radical (unpaired) electrons. The lowest BCUT2D eigenvalue weighted by Crippen LogP contribution is -2.46. The highest BCUT2D eigenvalue weighted by atomic mass is 16.1. The van der Waals surface area contributed by atoms with Gasteiger partial charge in [0, 0.05) is 39.3 Å². The fourth-order valence-electron chi connectivity index (χ4n) is 1.44. The molecule has 2 N–H and O–H groups in total. The van der Waals surface area contributed by atoms with Crippen LogP contribution in [0.1, 0.15) is 6.42 Å². The van der Waals surface area contributed by atoms with E-state index in [1.807, 2.05) is 0 Å². The van der Waals surface area contributed by atoms with E-state index in [4.69, 9.17) is 6.42 Å². The van der Waals surface area contributed by atoms with Crippen molar-refractivity contribution >= 4 is 5.91 Å². The molecule has 4 heteroatoms. The number of hydrogen-bond donors (Lipinski definition) is 2. The zero-order chi connectivity index (χ0) is 10.2. The van der Waals surface area contributed by atoms with E-state index in [-0.39, 0.29) is 12.3 Å². The number of nitrogens with one attached hydrogen (secondary N) is 2. The van der Waals surface area contributed by atoms with E-state index in [0.717, 1.165) is 32.7 Å². The summed E-state index contributed by atoms with van der Waals surface area (Å²) in [5.74, 6) is 2.27. The lowest BCUT2D eigenvalue weighted by Gasteiger charge is -2.26. The first-order valence-corrected chi connectivity index (χ1v) is 4.96. The van der Waals surface area contributed by atoms with E-state index in [2.05, 4.69) is 21.5 Å². The molecule has 1 aliphatic rings. The average Bonchev–Trinajstić information content (AvgIpc) is 2.20. The molecule has 1 heterocycles. The molecule has 0 spiro atoms. The van der Waals surface area contributed by atoms with Gasteiger partial charge in [-0.05, 0) is 0 Å². The quantitative estimate of drug-likeness (QED) is 0.567. The predicted molar refractivity (Wildman–Crippen MR) is 55.8 cm³/mol. The van der Waals surface area contributed by atoms with Crippen molar-refractivity contribution in [3.05, 3.63) is 0 Å². The normalized spacial score (nSPS) is 17.4. The number of amides is 1. The fourth-order valence-corrected chi connectivity index (χ4v) is 1.44. The number of carbonyl (C=O) groups is 1. The molecule has 1 rings (SSSR count). The van der Waals surface area contributed by atoms with Crippen molar-refractivity contribution < 1.29 is 4.79 Å². The summed E-state index contributed by atoms with van der Waals surface area (Å²) in [5, 5.41) is 6.07. The van der Waals surface area contributed by atoms with Crippen molar-refractivity contribution in [2.75, 3.05) is 39.3 Å². The summed E-state index contributed by atoms with van der Waals surface area (Å²) in [7, 11) is 0. The van der Waals surface area contributed by atoms with Gasteiger partial charge in [0.15, 0.2) is 0 Å². The molecule has 0 unspecified atom stereocenters. The van der Waals surface area contributed by atoms with Gasteiger partial charge in [0.05, 0.1) is 6.42 Å². The molecule has 1 fully saturated rings. The molecule has 78 valence electrons. The van der Waals surface area contributed by atoms with E-state index >= 15 is 0 Å². The van der Waals surface area contributed by atoms with Gasteiger partial charge in [0.2, 0.25) is 5.91 Å². The lowest BCUT2D eigenvalue weighted by atomic mass is 10.3. The first kappa shape index (κ1) is 11.0. The Bertz CT molecular complexity index is 216. The number of carbonyl (C=O) groups excluding carboxylic acids is 1. The van der Waals surface area contributed by atoms with E-state index in [1.54, 1.807) is 0 Å². The van der Waals surface area contributed by atoms with Crippen LogP contribution in [0.4, 0.5) is 0 Å². The third-order valence-corrected chi connectivity index (χ3v) is 2.22.